The van der Waals surface area contributed by atoms with E-state index in [0.717, 1.165) is 40.7 Å². The second-order valence-corrected chi connectivity index (χ2v) is 13.0. The summed E-state index contributed by atoms with van der Waals surface area (Å²) >= 11 is 2.18. The predicted molar refractivity (Wildman–Crippen MR) is 166 cm³/mol. The van der Waals surface area contributed by atoms with Crippen molar-refractivity contribution in [3.8, 4) is 34.5 Å². The van der Waals surface area contributed by atoms with E-state index >= 15 is 0 Å². The standard InChI is InChI=1S/C31H30IN3O3S/c1-30(2,37)22-8-11-27(25(14-22)26-17-34(3)29(36)28-24(26)12-13-35(28)39-32)38-23-9-6-20(7-10-23)4-5-21-15-31(16-21)18-33-19-31/h6-14,17,21,33,37H,15-16,18-19H2,1-3H3. The predicted octanol–water partition coefficient (Wildman–Crippen LogP) is 6.22. The zero-order valence-electron chi connectivity index (χ0n) is 22.1. The van der Waals surface area contributed by atoms with Crippen molar-refractivity contribution >= 4 is 41.2 Å². The highest BCUT2D eigenvalue weighted by molar-refractivity contribution is 14.2. The molecule has 4 aromatic rings. The van der Waals surface area contributed by atoms with Gasteiger partial charge in [0.15, 0.2) is 0 Å². The Morgan fingerprint density at radius 3 is 2.51 bits per heavy atom. The van der Waals surface area contributed by atoms with Crippen LogP contribution in [0.3, 0.4) is 0 Å². The van der Waals surface area contributed by atoms with E-state index in [1.807, 2.05) is 64.9 Å². The van der Waals surface area contributed by atoms with Crippen molar-refractivity contribution in [2.45, 2.75) is 32.3 Å². The van der Waals surface area contributed by atoms with Crippen LogP contribution in [-0.2, 0) is 12.6 Å². The summed E-state index contributed by atoms with van der Waals surface area (Å²) in [5, 5.41) is 15.0. The highest BCUT2D eigenvalue weighted by Crippen LogP contribution is 2.48. The fourth-order valence-electron chi connectivity index (χ4n) is 5.59. The molecule has 3 heterocycles. The van der Waals surface area contributed by atoms with Gasteiger partial charge in [0.2, 0.25) is 0 Å². The minimum atomic E-state index is -1.04. The Balaban J connectivity index is 1.33. The number of aliphatic hydroxyl groups is 1. The summed E-state index contributed by atoms with van der Waals surface area (Å²) < 4.78 is 9.88. The maximum absolute atomic E-state index is 13.0. The number of nitrogens with one attached hydrogen (secondary N) is 1. The summed E-state index contributed by atoms with van der Waals surface area (Å²) in [6.07, 6.45) is 6.15. The van der Waals surface area contributed by atoms with Crippen LogP contribution >= 0.6 is 30.3 Å². The molecular weight excluding hydrogens is 621 g/mol. The monoisotopic (exact) mass is 651 g/mol. The number of ether oxygens (including phenoxy) is 1. The van der Waals surface area contributed by atoms with Crippen LogP contribution in [0, 0.1) is 23.2 Å². The molecule has 1 aliphatic carbocycles. The minimum absolute atomic E-state index is 0.0675. The third-order valence-electron chi connectivity index (χ3n) is 7.90. The van der Waals surface area contributed by atoms with Crippen LogP contribution < -0.4 is 15.6 Å². The lowest BCUT2D eigenvalue weighted by Gasteiger charge is -2.53. The smallest absolute Gasteiger partial charge is 0.275 e. The van der Waals surface area contributed by atoms with Gasteiger partial charge < -0.3 is 19.7 Å². The van der Waals surface area contributed by atoms with Crippen LogP contribution in [0.1, 0.15) is 37.8 Å². The molecule has 6 rings (SSSR count). The minimum Gasteiger partial charge on any atom is -0.457 e. The molecule has 0 amide bonds. The molecule has 2 aromatic carbocycles. The molecular formula is C31H30IN3O3S. The number of benzene rings is 2. The van der Waals surface area contributed by atoms with Crippen molar-refractivity contribution < 1.29 is 9.84 Å². The average Bonchev–Trinajstić information content (AvgIpc) is 3.29. The molecule has 6 nitrogen and oxygen atoms in total. The van der Waals surface area contributed by atoms with Gasteiger partial charge >= 0.3 is 0 Å². The van der Waals surface area contributed by atoms with Crippen molar-refractivity contribution in [3.63, 3.8) is 0 Å². The Hall–Kier alpha value is -2.71. The molecule has 0 radical (unpaired) electrons. The lowest BCUT2D eigenvalue weighted by atomic mass is 9.59. The first-order chi connectivity index (χ1) is 18.7. The highest BCUT2D eigenvalue weighted by Gasteiger charge is 2.47. The van der Waals surface area contributed by atoms with Crippen molar-refractivity contribution in [1.29, 1.82) is 0 Å². The number of fused-ring (bicyclic) bond motifs is 1. The molecule has 39 heavy (non-hydrogen) atoms. The molecule has 2 fully saturated rings. The molecule has 1 spiro atoms. The molecule has 8 heteroatoms. The van der Waals surface area contributed by atoms with E-state index in [4.69, 9.17) is 4.74 Å². The molecule has 0 bridgehead atoms. The number of aryl methyl sites for hydroxylation is 1. The summed E-state index contributed by atoms with van der Waals surface area (Å²) in [5.74, 6) is 8.61. The third kappa shape index (κ3) is 5.02. The zero-order chi connectivity index (χ0) is 27.4. The summed E-state index contributed by atoms with van der Waals surface area (Å²) in [4.78, 5) is 13.0. The molecule has 0 atom stereocenters. The fourth-order valence-corrected chi connectivity index (χ4v) is 6.92. The number of rotatable bonds is 5. The third-order valence-corrected chi connectivity index (χ3v) is 9.63. The van der Waals surface area contributed by atoms with Crippen molar-refractivity contribution in [2.24, 2.45) is 18.4 Å². The summed E-state index contributed by atoms with van der Waals surface area (Å²) in [7, 11) is 3.21. The van der Waals surface area contributed by atoms with E-state index in [1.165, 1.54) is 22.0 Å². The Labute approximate surface area is 244 Å². The van der Waals surface area contributed by atoms with E-state index in [9.17, 15) is 9.90 Å². The number of hydrogen-bond donors (Lipinski definition) is 2. The highest BCUT2D eigenvalue weighted by atomic mass is 127. The van der Waals surface area contributed by atoms with Crippen molar-refractivity contribution in [2.75, 3.05) is 13.1 Å². The Kier molecular flexibility index (Phi) is 6.82. The molecule has 1 aliphatic heterocycles. The summed E-state index contributed by atoms with van der Waals surface area (Å²) in [6.45, 7) is 5.81. The van der Waals surface area contributed by atoms with Crippen LogP contribution in [0.25, 0.3) is 22.0 Å². The van der Waals surface area contributed by atoms with Gasteiger partial charge in [-0.15, -0.1) is 0 Å². The van der Waals surface area contributed by atoms with Gasteiger partial charge in [-0.2, -0.15) is 0 Å². The zero-order valence-corrected chi connectivity index (χ0v) is 25.1. The van der Waals surface area contributed by atoms with Crippen LogP contribution in [0.4, 0.5) is 0 Å². The first-order valence-electron chi connectivity index (χ1n) is 13.0. The number of halogens is 1. The average molecular weight is 652 g/mol. The maximum atomic E-state index is 13.0. The van der Waals surface area contributed by atoms with E-state index in [-0.39, 0.29) is 5.56 Å². The van der Waals surface area contributed by atoms with Crippen LogP contribution in [0.2, 0.25) is 0 Å². The Bertz CT molecular complexity index is 1680. The van der Waals surface area contributed by atoms with Gasteiger partial charge in [-0.1, -0.05) is 17.9 Å². The van der Waals surface area contributed by atoms with Crippen molar-refractivity contribution in [3.05, 3.63) is 82.4 Å². The molecule has 1 saturated heterocycles. The number of nitrogens with zero attached hydrogens (tertiary/aromatic N) is 2. The Morgan fingerprint density at radius 2 is 1.87 bits per heavy atom. The number of pyridine rings is 1. The maximum Gasteiger partial charge on any atom is 0.275 e. The normalized spacial score (nSPS) is 16.4. The molecule has 2 aliphatic rings. The van der Waals surface area contributed by atoms with Crippen LogP contribution in [0.5, 0.6) is 11.5 Å². The van der Waals surface area contributed by atoms with Gasteiger partial charge in [-0.3, -0.25) is 8.77 Å². The quantitative estimate of drug-likeness (QED) is 0.198. The summed E-state index contributed by atoms with van der Waals surface area (Å²) in [5.41, 5.74) is 3.45. The fraction of sp³-hybridized carbons (Fsp3) is 0.323. The van der Waals surface area contributed by atoms with Crippen LogP contribution in [-0.4, -0.2) is 26.7 Å². The van der Waals surface area contributed by atoms with E-state index < -0.39 is 5.60 Å². The van der Waals surface area contributed by atoms with Gasteiger partial charge in [-0.05, 0) is 80.1 Å². The molecule has 2 N–H and O–H groups in total. The second kappa shape index (κ2) is 10.0. The van der Waals surface area contributed by atoms with Gasteiger partial charge in [0.25, 0.3) is 5.56 Å². The molecule has 0 unspecified atom stereocenters. The molecule has 2 aromatic heterocycles. The SMILES string of the molecule is Cn1cc(-c2cc(C(C)(C)O)ccc2Oc2ccc(C#CC3CC4(CNC4)C3)cc2)c2ccn(SI)c2c1=O. The number of aromatic nitrogens is 2. The van der Waals surface area contributed by atoms with Gasteiger partial charge in [0.1, 0.15) is 17.0 Å². The van der Waals surface area contributed by atoms with Crippen molar-refractivity contribution in [1.82, 2.24) is 13.9 Å². The second-order valence-electron chi connectivity index (χ2n) is 11.3. The first-order valence-corrected chi connectivity index (χ1v) is 16.3. The Morgan fingerprint density at radius 1 is 1.13 bits per heavy atom. The van der Waals surface area contributed by atoms with E-state index in [0.29, 0.717) is 28.3 Å². The molecule has 1 saturated carbocycles. The van der Waals surface area contributed by atoms with E-state index in [1.54, 1.807) is 25.5 Å². The van der Waals surface area contributed by atoms with Gasteiger partial charge in [0, 0.05) is 90.9 Å². The first kappa shape index (κ1) is 26.5. The van der Waals surface area contributed by atoms with Gasteiger partial charge in [-0.25, -0.2) is 0 Å². The lowest BCUT2D eigenvalue weighted by molar-refractivity contribution is 0.0266. The topological polar surface area (TPSA) is 68.4 Å². The van der Waals surface area contributed by atoms with E-state index in [2.05, 4.69) is 38.4 Å². The van der Waals surface area contributed by atoms with Gasteiger partial charge in [0.05, 0.1) is 5.60 Å². The van der Waals surface area contributed by atoms with Crippen LogP contribution in [0.15, 0.2) is 65.7 Å². The summed E-state index contributed by atoms with van der Waals surface area (Å²) in [6, 6.07) is 15.5. The molecule has 200 valence electrons. The number of hydrogen-bond acceptors (Lipinski definition) is 5. The largest absolute Gasteiger partial charge is 0.457 e. The lowest BCUT2D eigenvalue weighted by Crippen LogP contribution is -2.59.